The molecule has 4 heteroatoms. The van der Waals surface area contributed by atoms with Crippen molar-refractivity contribution in [3.05, 3.63) is 0 Å². The fourth-order valence-electron chi connectivity index (χ4n) is 0.926. The van der Waals surface area contributed by atoms with Crippen LogP contribution in [0.2, 0.25) is 0 Å². The highest BCUT2D eigenvalue weighted by molar-refractivity contribution is 4.68. The smallest absolute Gasteiger partial charge is 0.179 e. The first-order valence-corrected chi connectivity index (χ1v) is 3.02. The third-order valence-electron chi connectivity index (χ3n) is 1.71. The molecule has 0 aromatic rings. The van der Waals surface area contributed by atoms with E-state index in [1.807, 2.05) is 25.9 Å². The Morgan fingerprint density at radius 2 is 2.00 bits per heavy atom. The highest BCUT2D eigenvalue weighted by atomic mass is 16.3. The van der Waals surface area contributed by atoms with Crippen LogP contribution in [0.1, 0.15) is 6.92 Å². The summed E-state index contributed by atoms with van der Waals surface area (Å²) in [5.41, 5.74) is 3.03. The molecule has 1 rings (SSSR count). The summed E-state index contributed by atoms with van der Waals surface area (Å²) in [6.07, 6.45) is -0.259. The molecular formula is C5H13N3O. The van der Waals surface area contributed by atoms with Gasteiger partial charge in [-0.2, -0.15) is 0 Å². The third kappa shape index (κ3) is 1.07. The standard InChI is InChI=1S/C5H13N3O/c1-4-6-8(3)5(9)7(4)2/h4-6,9H,1-3H3. The normalized spacial score (nSPS) is 40.0. The van der Waals surface area contributed by atoms with E-state index in [9.17, 15) is 5.11 Å². The van der Waals surface area contributed by atoms with Gasteiger partial charge in [-0.1, -0.05) is 0 Å². The van der Waals surface area contributed by atoms with E-state index in [-0.39, 0.29) is 6.17 Å². The van der Waals surface area contributed by atoms with Crippen LogP contribution < -0.4 is 5.43 Å². The number of aliphatic hydroxyl groups is 1. The summed E-state index contributed by atoms with van der Waals surface area (Å²) in [6, 6.07) is 0. The van der Waals surface area contributed by atoms with Crippen LogP contribution in [0.3, 0.4) is 0 Å². The van der Waals surface area contributed by atoms with Crippen LogP contribution in [0.15, 0.2) is 0 Å². The largest absolute Gasteiger partial charge is 0.364 e. The first kappa shape index (κ1) is 6.95. The molecule has 9 heavy (non-hydrogen) atoms. The van der Waals surface area contributed by atoms with E-state index in [2.05, 4.69) is 5.43 Å². The zero-order valence-corrected chi connectivity index (χ0v) is 6.00. The number of hydrogen-bond donors (Lipinski definition) is 2. The van der Waals surface area contributed by atoms with Gasteiger partial charge in [0.25, 0.3) is 0 Å². The van der Waals surface area contributed by atoms with Crippen molar-refractivity contribution in [2.75, 3.05) is 14.1 Å². The Balaban J connectivity index is 2.54. The molecular weight excluding hydrogens is 118 g/mol. The van der Waals surface area contributed by atoms with Crippen LogP contribution in [-0.2, 0) is 0 Å². The molecule has 0 amide bonds. The second kappa shape index (κ2) is 2.22. The Bertz CT molecular complexity index is 96.4. The number of aliphatic hydroxyl groups excluding tert-OH is 1. The SMILES string of the molecule is CC1NN(C)C(O)N1C. The maximum absolute atomic E-state index is 9.23. The third-order valence-corrected chi connectivity index (χ3v) is 1.71. The Kier molecular flexibility index (Phi) is 1.72. The molecule has 0 saturated carbocycles. The fourth-order valence-corrected chi connectivity index (χ4v) is 0.926. The van der Waals surface area contributed by atoms with Crippen molar-refractivity contribution in [1.82, 2.24) is 15.3 Å². The van der Waals surface area contributed by atoms with Crippen molar-refractivity contribution in [3.8, 4) is 0 Å². The van der Waals surface area contributed by atoms with Gasteiger partial charge in [0.2, 0.25) is 0 Å². The summed E-state index contributed by atoms with van der Waals surface area (Å²) in [6.45, 7) is 1.99. The van der Waals surface area contributed by atoms with Crippen LogP contribution in [0, 0.1) is 0 Å². The zero-order chi connectivity index (χ0) is 7.02. The number of hydrazine groups is 1. The molecule has 1 aliphatic heterocycles. The summed E-state index contributed by atoms with van der Waals surface area (Å²) in [5.74, 6) is 0. The number of nitrogens with one attached hydrogen (secondary N) is 1. The van der Waals surface area contributed by atoms with Gasteiger partial charge < -0.3 is 5.11 Å². The number of rotatable bonds is 0. The first-order chi connectivity index (χ1) is 4.13. The Hall–Kier alpha value is -0.160. The second-order valence-corrected chi connectivity index (χ2v) is 2.43. The molecule has 1 heterocycles. The lowest BCUT2D eigenvalue weighted by molar-refractivity contribution is -0.0467. The highest BCUT2D eigenvalue weighted by Crippen LogP contribution is 2.07. The lowest BCUT2D eigenvalue weighted by atomic mass is 10.5. The van der Waals surface area contributed by atoms with E-state index >= 15 is 0 Å². The second-order valence-electron chi connectivity index (χ2n) is 2.43. The predicted octanol–water partition coefficient (Wildman–Crippen LogP) is -1.01. The molecule has 0 spiro atoms. The van der Waals surface area contributed by atoms with Crippen molar-refractivity contribution < 1.29 is 5.11 Å². The van der Waals surface area contributed by atoms with Gasteiger partial charge in [-0.05, 0) is 14.0 Å². The maximum atomic E-state index is 9.23. The molecule has 54 valence electrons. The molecule has 0 aromatic carbocycles. The van der Waals surface area contributed by atoms with Crippen molar-refractivity contribution in [2.45, 2.75) is 19.4 Å². The highest BCUT2D eigenvalue weighted by Gasteiger charge is 2.29. The molecule has 2 unspecified atom stereocenters. The maximum Gasteiger partial charge on any atom is 0.179 e. The minimum Gasteiger partial charge on any atom is -0.364 e. The molecule has 0 bridgehead atoms. The molecule has 0 radical (unpaired) electrons. The van der Waals surface area contributed by atoms with Gasteiger partial charge in [0.05, 0.1) is 6.17 Å². The molecule has 2 N–H and O–H groups in total. The van der Waals surface area contributed by atoms with Crippen LogP contribution in [0.5, 0.6) is 0 Å². The molecule has 1 saturated heterocycles. The van der Waals surface area contributed by atoms with E-state index in [0.29, 0.717) is 0 Å². The minimum atomic E-state index is -0.486. The molecule has 2 atom stereocenters. The minimum absolute atomic E-state index is 0.227. The van der Waals surface area contributed by atoms with Crippen LogP contribution in [0.25, 0.3) is 0 Å². The Morgan fingerprint density at radius 3 is 2.11 bits per heavy atom. The van der Waals surface area contributed by atoms with Crippen molar-refractivity contribution in [1.29, 1.82) is 0 Å². The number of nitrogens with zero attached hydrogens (tertiary/aromatic N) is 2. The van der Waals surface area contributed by atoms with Crippen LogP contribution in [0.4, 0.5) is 0 Å². The van der Waals surface area contributed by atoms with Crippen molar-refractivity contribution >= 4 is 0 Å². The molecule has 1 fully saturated rings. The van der Waals surface area contributed by atoms with Crippen molar-refractivity contribution in [3.63, 3.8) is 0 Å². The van der Waals surface area contributed by atoms with Gasteiger partial charge in [0, 0.05) is 7.05 Å². The summed E-state index contributed by atoms with van der Waals surface area (Å²) in [7, 11) is 3.68. The van der Waals surface area contributed by atoms with Gasteiger partial charge in [-0.3, -0.25) is 4.90 Å². The van der Waals surface area contributed by atoms with Gasteiger partial charge in [0.15, 0.2) is 6.35 Å². The summed E-state index contributed by atoms with van der Waals surface area (Å²) in [4.78, 5) is 1.83. The lowest BCUT2D eigenvalue weighted by Gasteiger charge is -2.17. The van der Waals surface area contributed by atoms with E-state index in [0.717, 1.165) is 0 Å². The van der Waals surface area contributed by atoms with Gasteiger partial charge in [-0.25, -0.2) is 10.4 Å². The Labute approximate surface area is 55.0 Å². The van der Waals surface area contributed by atoms with E-state index in [1.165, 1.54) is 0 Å². The van der Waals surface area contributed by atoms with E-state index in [4.69, 9.17) is 0 Å². The average molecular weight is 131 g/mol. The average Bonchev–Trinajstić information content (AvgIpc) is 1.98. The van der Waals surface area contributed by atoms with Gasteiger partial charge in [-0.15, -0.1) is 0 Å². The van der Waals surface area contributed by atoms with Crippen LogP contribution in [-0.4, -0.2) is 41.6 Å². The summed E-state index contributed by atoms with van der Waals surface area (Å²) in [5, 5.41) is 10.9. The Morgan fingerprint density at radius 1 is 1.44 bits per heavy atom. The van der Waals surface area contributed by atoms with Crippen molar-refractivity contribution in [2.24, 2.45) is 0 Å². The van der Waals surface area contributed by atoms with E-state index < -0.39 is 6.35 Å². The predicted molar refractivity (Wildman–Crippen MR) is 34.1 cm³/mol. The van der Waals surface area contributed by atoms with Gasteiger partial charge >= 0.3 is 0 Å². The van der Waals surface area contributed by atoms with Gasteiger partial charge in [0.1, 0.15) is 0 Å². The summed E-state index contributed by atoms with van der Waals surface area (Å²) >= 11 is 0. The summed E-state index contributed by atoms with van der Waals surface area (Å²) < 4.78 is 0. The first-order valence-electron chi connectivity index (χ1n) is 3.02. The molecule has 4 nitrogen and oxygen atoms in total. The quantitative estimate of drug-likeness (QED) is 0.442. The molecule has 1 aliphatic rings. The van der Waals surface area contributed by atoms with E-state index in [1.54, 1.807) is 5.01 Å². The van der Waals surface area contributed by atoms with Crippen LogP contribution >= 0.6 is 0 Å². The number of hydrogen-bond acceptors (Lipinski definition) is 4. The zero-order valence-electron chi connectivity index (χ0n) is 6.00. The monoisotopic (exact) mass is 131 g/mol. The molecule has 0 aromatic heterocycles. The molecule has 0 aliphatic carbocycles. The lowest BCUT2D eigenvalue weighted by Crippen LogP contribution is -2.36. The topological polar surface area (TPSA) is 38.7 Å². The fraction of sp³-hybridized carbons (Fsp3) is 1.00.